The highest BCUT2D eigenvalue weighted by molar-refractivity contribution is 5.83. The van der Waals surface area contributed by atoms with Crippen LogP contribution in [0.2, 0.25) is 0 Å². The van der Waals surface area contributed by atoms with Crippen LogP contribution in [0.4, 0.5) is 11.4 Å². The normalized spacial score (nSPS) is 12.2. The minimum atomic E-state index is 0.713. The van der Waals surface area contributed by atoms with E-state index in [2.05, 4.69) is 22.2 Å². The molecule has 27 heavy (non-hydrogen) atoms. The Morgan fingerprint density at radius 3 is 2.81 bits per heavy atom. The van der Waals surface area contributed by atoms with Gasteiger partial charge in [0.25, 0.3) is 0 Å². The second-order valence-electron chi connectivity index (χ2n) is 6.23. The molecule has 138 valence electrons. The van der Waals surface area contributed by atoms with E-state index in [0.717, 1.165) is 41.0 Å². The molecule has 0 aliphatic carbocycles. The topological polar surface area (TPSA) is 76.1 Å². The summed E-state index contributed by atoms with van der Waals surface area (Å²) in [5.41, 5.74) is 11.5. The van der Waals surface area contributed by atoms with Crippen molar-refractivity contribution in [2.75, 3.05) is 17.6 Å². The second-order valence-corrected chi connectivity index (χ2v) is 6.23. The van der Waals surface area contributed by atoms with Gasteiger partial charge in [-0.05, 0) is 61.4 Å². The molecule has 3 aromatic rings. The van der Waals surface area contributed by atoms with Crippen molar-refractivity contribution >= 4 is 22.3 Å². The zero-order chi connectivity index (χ0) is 19.1. The number of fused-ring (bicyclic) bond motifs is 1. The summed E-state index contributed by atoms with van der Waals surface area (Å²) in [5, 5.41) is 7.83. The molecule has 4 N–H and O–H groups in total. The van der Waals surface area contributed by atoms with Gasteiger partial charge in [-0.2, -0.15) is 0 Å². The quantitative estimate of drug-likeness (QED) is 0.403. The van der Waals surface area contributed by atoms with Crippen molar-refractivity contribution in [3.63, 3.8) is 0 Å². The van der Waals surface area contributed by atoms with Crippen molar-refractivity contribution in [3.05, 3.63) is 90.8 Å². The van der Waals surface area contributed by atoms with E-state index in [4.69, 9.17) is 10.2 Å². The van der Waals surface area contributed by atoms with Gasteiger partial charge in [0.05, 0.1) is 6.26 Å². The van der Waals surface area contributed by atoms with Crippen LogP contribution in [0.1, 0.15) is 12.5 Å². The molecule has 0 saturated heterocycles. The lowest BCUT2D eigenvalue weighted by Crippen LogP contribution is -2.14. The first-order valence-electron chi connectivity index (χ1n) is 8.83. The predicted molar refractivity (Wildman–Crippen MR) is 112 cm³/mol. The number of anilines is 2. The Kier molecular flexibility index (Phi) is 5.94. The lowest BCUT2D eigenvalue weighted by molar-refractivity contribution is 0.609. The molecule has 0 unspecified atom stereocenters. The van der Waals surface area contributed by atoms with Gasteiger partial charge in [0.1, 0.15) is 5.58 Å². The number of nitrogens with zero attached hydrogens (tertiary/aromatic N) is 1. The Hall–Kier alpha value is -3.47. The zero-order valence-electron chi connectivity index (χ0n) is 15.4. The molecule has 0 aliphatic heterocycles. The summed E-state index contributed by atoms with van der Waals surface area (Å²) < 4.78 is 5.58. The number of furan rings is 1. The number of allylic oxidation sites excluding steroid dienone is 4. The van der Waals surface area contributed by atoms with Crippen LogP contribution in [-0.4, -0.2) is 11.5 Å². The van der Waals surface area contributed by atoms with Crippen LogP contribution in [-0.2, 0) is 6.42 Å². The molecule has 0 radical (unpaired) electrons. The molecular formula is C22H24N4O. The van der Waals surface area contributed by atoms with E-state index < -0.39 is 0 Å². The van der Waals surface area contributed by atoms with Gasteiger partial charge >= 0.3 is 0 Å². The molecule has 5 heteroatoms. The number of aromatic nitrogens is 1. The molecular weight excluding hydrogens is 336 g/mol. The first-order chi connectivity index (χ1) is 13.2. The van der Waals surface area contributed by atoms with Gasteiger partial charge in [0.2, 0.25) is 0 Å². The minimum absolute atomic E-state index is 0.713. The summed E-state index contributed by atoms with van der Waals surface area (Å²) in [6.45, 7) is 6.71. The average Bonchev–Trinajstić information content (AvgIpc) is 3.08. The molecule has 0 amide bonds. The van der Waals surface area contributed by atoms with Crippen molar-refractivity contribution < 1.29 is 4.42 Å². The van der Waals surface area contributed by atoms with Crippen LogP contribution in [0, 0.1) is 0 Å². The third-order valence-electron chi connectivity index (χ3n) is 4.18. The molecule has 0 atom stereocenters. The van der Waals surface area contributed by atoms with E-state index in [1.165, 1.54) is 5.56 Å². The number of pyridine rings is 1. The monoisotopic (exact) mass is 360 g/mol. The fraction of sp³-hybridized carbons (Fsp3) is 0.136. The van der Waals surface area contributed by atoms with Gasteiger partial charge in [-0.3, -0.25) is 4.98 Å². The lowest BCUT2D eigenvalue weighted by atomic mass is 10.1. The van der Waals surface area contributed by atoms with E-state index >= 15 is 0 Å². The number of nitrogens with two attached hydrogens (primary N) is 1. The molecule has 2 aromatic heterocycles. The van der Waals surface area contributed by atoms with Crippen molar-refractivity contribution in [2.24, 2.45) is 0 Å². The fourth-order valence-electron chi connectivity index (χ4n) is 2.72. The van der Waals surface area contributed by atoms with Crippen molar-refractivity contribution in [2.45, 2.75) is 13.3 Å². The van der Waals surface area contributed by atoms with E-state index in [1.807, 2.05) is 49.4 Å². The Morgan fingerprint density at radius 1 is 1.22 bits per heavy atom. The van der Waals surface area contributed by atoms with Crippen molar-refractivity contribution in [3.8, 4) is 0 Å². The third-order valence-corrected chi connectivity index (χ3v) is 4.18. The van der Waals surface area contributed by atoms with Gasteiger partial charge in [-0.25, -0.2) is 0 Å². The number of nitrogens with one attached hydrogen (secondary N) is 2. The smallest absolute Gasteiger partial charge is 0.136 e. The van der Waals surface area contributed by atoms with E-state index in [-0.39, 0.29) is 0 Å². The van der Waals surface area contributed by atoms with E-state index in [0.29, 0.717) is 5.69 Å². The van der Waals surface area contributed by atoms with Crippen LogP contribution in [0.25, 0.3) is 11.0 Å². The molecule has 5 nitrogen and oxygen atoms in total. The standard InChI is InChI=1S/C22H24N4O/c1-3-19(26-20-9-11-24-12-10-20)6-4-16(2)25-13-8-17-15-27-22-14-18(23)5-7-21(17)22/h3-7,9-12,14-15,25H,1,8,13,23H2,2H3,(H,24,26)/b16-4+,19-6+. The van der Waals surface area contributed by atoms with Crippen LogP contribution in [0.15, 0.2) is 89.6 Å². The first-order valence-corrected chi connectivity index (χ1v) is 8.83. The molecule has 3 rings (SSSR count). The first kappa shape index (κ1) is 18.3. The summed E-state index contributed by atoms with van der Waals surface area (Å²) in [6, 6.07) is 9.59. The highest BCUT2D eigenvalue weighted by atomic mass is 16.3. The highest BCUT2D eigenvalue weighted by Gasteiger charge is 2.05. The molecule has 0 bridgehead atoms. The van der Waals surface area contributed by atoms with Crippen LogP contribution in [0.3, 0.4) is 0 Å². The number of nitrogen functional groups attached to an aromatic ring is 1. The number of hydrogen-bond donors (Lipinski definition) is 3. The average molecular weight is 360 g/mol. The summed E-state index contributed by atoms with van der Waals surface area (Å²) in [4.78, 5) is 4.01. The molecule has 0 saturated carbocycles. The van der Waals surface area contributed by atoms with E-state index in [9.17, 15) is 0 Å². The molecule has 2 heterocycles. The van der Waals surface area contributed by atoms with Crippen LogP contribution < -0.4 is 16.4 Å². The van der Waals surface area contributed by atoms with Crippen molar-refractivity contribution in [1.82, 2.24) is 10.3 Å². The number of rotatable bonds is 8. The Bertz CT molecular complexity index is 970. The van der Waals surface area contributed by atoms with Gasteiger partial charge in [0.15, 0.2) is 0 Å². The fourth-order valence-corrected chi connectivity index (χ4v) is 2.72. The Morgan fingerprint density at radius 2 is 2.04 bits per heavy atom. The summed E-state index contributed by atoms with van der Waals surface area (Å²) >= 11 is 0. The lowest BCUT2D eigenvalue weighted by Gasteiger charge is -2.07. The van der Waals surface area contributed by atoms with Gasteiger partial charge in [0, 0.05) is 53.2 Å². The van der Waals surface area contributed by atoms with Crippen molar-refractivity contribution in [1.29, 1.82) is 0 Å². The predicted octanol–water partition coefficient (Wildman–Crippen LogP) is 4.63. The number of benzene rings is 1. The number of hydrogen-bond acceptors (Lipinski definition) is 5. The van der Waals surface area contributed by atoms with Gasteiger partial charge < -0.3 is 20.8 Å². The van der Waals surface area contributed by atoms with Crippen LogP contribution in [0.5, 0.6) is 0 Å². The maximum atomic E-state index is 5.79. The third kappa shape index (κ3) is 5.01. The largest absolute Gasteiger partial charge is 0.464 e. The Labute approximate surface area is 159 Å². The summed E-state index contributed by atoms with van der Waals surface area (Å²) in [7, 11) is 0. The zero-order valence-corrected chi connectivity index (χ0v) is 15.4. The SMILES string of the molecule is C=C/C(=C\C=C(/C)NCCc1coc2cc(N)ccc12)Nc1ccncc1. The summed E-state index contributed by atoms with van der Waals surface area (Å²) in [6.07, 6.45) is 12.0. The molecule has 0 spiro atoms. The molecule has 0 aliphatic rings. The highest BCUT2D eigenvalue weighted by Crippen LogP contribution is 2.23. The maximum Gasteiger partial charge on any atom is 0.136 e. The van der Waals surface area contributed by atoms with Gasteiger partial charge in [-0.1, -0.05) is 6.58 Å². The van der Waals surface area contributed by atoms with E-state index in [1.54, 1.807) is 24.7 Å². The Balaban J connectivity index is 1.56. The minimum Gasteiger partial charge on any atom is -0.464 e. The summed E-state index contributed by atoms with van der Waals surface area (Å²) in [5.74, 6) is 0. The van der Waals surface area contributed by atoms with Crippen LogP contribution >= 0.6 is 0 Å². The second kappa shape index (κ2) is 8.76. The van der Waals surface area contributed by atoms with Gasteiger partial charge in [-0.15, -0.1) is 0 Å². The molecule has 0 fully saturated rings. The molecule has 1 aromatic carbocycles. The maximum absolute atomic E-state index is 5.79.